The van der Waals surface area contributed by atoms with Gasteiger partial charge in [0.05, 0.1) is 0 Å². The average molecular weight is 917 g/mol. The fraction of sp³-hybridized carbons (Fsp3) is 0.683. The van der Waals surface area contributed by atoms with Gasteiger partial charge in [0.1, 0.15) is 13.2 Å². The highest BCUT2D eigenvalue weighted by Crippen LogP contribution is 2.14. The SMILES string of the molecule is CC/C=C/C/C=C/C/C=C/C/C=C/C/C=C/CCCCCC(=O)OC[C@@H](COC(=O)CCCCCCC/C=C/C/C=C/CCCC)OC(=O)CCCCCCCCC/C=C/CCCCCC. The summed E-state index contributed by atoms with van der Waals surface area (Å²) >= 11 is 0. The maximum absolute atomic E-state index is 12.8. The van der Waals surface area contributed by atoms with E-state index in [4.69, 9.17) is 14.2 Å². The lowest BCUT2D eigenvalue weighted by atomic mass is 10.1. The van der Waals surface area contributed by atoms with E-state index >= 15 is 0 Å². The molecule has 0 saturated carbocycles. The van der Waals surface area contributed by atoms with Crippen LogP contribution >= 0.6 is 0 Å². The number of unbranched alkanes of at least 4 members (excludes halogenated alkanes) is 21. The molecule has 0 aliphatic rings. The molecule has 376 valence electrons. The van der Waals surface area contributed by atoms with Gasteiger partial charge >= 0.3 is 17.9 Å². The zero-order valence-electron chi connectivity index (χ0n) is 42.9. The molecule has 0 aliphatic carbocycles. The minimum absolute atomic E-state index is 0.0979. The van der Waals surface area contributed by atoms with Crippen LogP contribution in [0.25, 0.3) is 0 Å². The van der Waals surface area contributed by atoms with Crippen LogP contribution in [0.3, 0.4) is 0 Å². The van der Waals surface area contributed by atoms with Gasteiger partial charge in [-0.3, -0.25) is 14.4 Å². The number of carbonyl (C=O) groups is 3. The zero-order chi connectivity index (χ0) is 47.9. The molecule has 0 aromatic rings. The van der Waals surface area contributed by atoms with E-state index in [1.807, 2.05) is 0 Å². The molecule has 0 aromatic heterocycles. The first-order valence-corrected chi connectivity index (χ1v) is 27.2. The molecular weight excluding hydrogens is 817 g/mol. The van der Waals surface area contributed by atoms with Gasteiger partial charge in [0, 0.05) is 19.3 Å². The summed E-state index contributed by atoms with van der Waals surface area (Å²) in [5.41, 5.74) is 0. The molecular formula is C60H100O6. The normalized spacial score (nSPS) is 12.8. The fourth-order valence-corrected chi connectivity index (χ4v) is 7.18. The van der Waals surface area contributed by atoms with E-state index in [2.05, 4.69) is 118 Å². The fourth-order valence-electron chi connectivity index (χ4n) is 7.18. The predicted molar refractivity (Wildman–Crippen MR) is 284 cm³/mol. The van der Waals surface area contributed by atoms with Crippen molar-refractivity contribution in [2.45, 2.75) is 252 Å². The first kappa shape index (κ1) is 62.3. The summed E-state index contributed by atoms with van der Waals surface area (Å²) < 4.78 is 16.8. The van der Waals surface area contributed by atoms with Gasteiger partial charge in [0.15, 0.2) is 6.10 Å². The largest absolute Gasteiger partial charge is 0.462 e. The van der Waals surface area contributed by atoms with E-state index < -0.39 is 6.10 Å². The smallest absolute Gasteiger partial charge is 0.306 e. The highest BCUT2D eigenvalue weighted by molar-refractivity contribution is 5.71. The molecule has 0 radical (unpaired) electrons. The van der Waals surface area contributed by atoms with Crippen LogP contribution in [0.2, 0.25) is 0 Å². The number of esters is 3. The van der Waals surface area contributed by atoms with Crippen molar-refractivity contribution in [3.8, 4) is 0 Å². The molecule has 0 aromatic carbocycles. The maximum Gasteiger partial charge on any atom is 0.306 e. The van der Waals surface area contributed by atoms with E-state index in [-0.39, 0.29) is 31.1 Å². The Morgan fingerprint density at radius 1 is 0.318 bits per heavy atom. The Morgan fingerprint density at radius 2 is 0.606 bits per heavy atom. The summed E-state index contributed by atoms with van der Waals surface area (Å²) in [6, 6.07) is 0. The van der Waals surface area contributed by atoms with Gasteiger partial charge in [0.25, 0.3) is 0 Å². The van der Waals surface area contributed by atoms with Crippen molar-refractivity contribution in [1.82, 2.24) is 0 Å². The average Bonchev–Trinajstić information content (AvgIpc) is 3.31. The molecule has 0 unspecified atom stereocenters. The first-order valence-electron chi connectivity index (χ1n) is 27.2. The van der Waals surface area contributed by atoms with E-state index in [9.17, 15) is 14.4 Å². The van der Waals surface area contributed by atoms with Crippen LogP contribution in [-0.2, 0) is 28.6 Å². The lowest BCUT2D eigenvalue weighted by Crippen LogP contribution is -2.30. The second-order valence-corrected chi connectivity index (χ2v) is 17.7. The van der Waals surface area contributed by atoms with Crippen LogP contribution in [0, 0.1) is 0 Å². The zero-order valence-corrected chi connectivity index (χ0v) is 42.9. The van der Waals surface area contributed by atoms with Crippen LogP contribution in [0.5, 0.6) is 0 Å². The van der Waals surface area contributed by atoms with Gasteiger partial charge in [-0.05, 0) is 116 Å². The molecule has 1 atom stereocenters. The van der Waals surface area contributed by atoms with Gasteiger partial charge in [-0.15, -0.1) is 0 Å². The Labute approximate surface area is 407 Å². The highest BCUT2D eigenvalue weighted by Gasteiger charge is 2.19. The van der Waals surface area contributed by atoms with Crippen LogP contribution < -0.4 is 0 Å². The number of hydrogen-bond donors (Lipinski definition) is 0. The van der Waals surface area contributed by atoms with Gasteiger partial charge in [-0.1, -0.05) is 208 Å². The minimum Gasteiger partial charge on any atom is -0.462 e. The maximum atomic E-state index is 12.8. The third kappa shape index (κ3) is 51.3. The van der Waals surface area contributed by atoms with E-state index in [1.54, 1.807) is 0 Å². The summed E-state index contributed by atoms with van der Waals surface area (Å²) in [4.78, 5) is 38.1. The molecule has 66 heavy (non-hydrogen) atoms. The Morgan fingerprint density at radius 3 is 1.00 bits per heavy atom. The molecule has 6 heteroatoms. The minimum atomic E-state index is -0.800. The summed E-state index contributed by atoms with van der Waals surface area (Å²) in [5.74, 6) is -0.949. The molecule has 0 aliphatic heterocycles. The van der Waals surface area contributed by atoms with E-state index in [0.717, 1.165) is 122 Å². The molecule has 0 heterocycles. The molecule has 0 rings (SSSR count). The van der Waals surface area contributed by atoms with Crippen molar-refractivity contribution < 1.29 is 28.6 Å². The summed E-state index contributed by atoms with van der Waals surface area (Å²) in [5, 5.41) is 0. The monoisotopic (exact) mass is 917 g/mol. The lowest BCUT2D eigenvalue weighted by molar-refractivity contribution is -0.167. The molecule has 0 N–H and O–H groups in total. The molecule has 0 spiro atoms. The van der Waals surface area contributed by atoms with Gasteiger partial charge < -0.3 is 14.2 Å². The number of carbonyl (C=O) groups excluding carboxylic acids is 3. The second-order valence-electron chi connectivity index (χ2n) is 17.7. The summed E-state index contributed by atoms with van der Waals surface area (Å²) in [6.45, 7) is 6.43. The van der Waals surface area contributed by atoms with Gasteiger partial charge in [-0.25, -0.2) is 0 Å². The Hall–Kier alpha value is -3.67. The molecule has 0 saturated heterocycles. The third-order valence-electron chi connectivity index (χ3n) is 11.3. The Kier molecular flexibility index (Phi) is 50.9. The molecule has 0 bridgehead atoms. The Bertz CT molecular complexity index is 1330. The predicted octanol–water partition coefficient (Wildman–Crippen LogP) is 18.1. The Balaban J connectivity index is 4.47. The lowest BCUT2D eigenvalue weighted by Gasteiger charge is -2.18. The van der Waals surface area contributed by atoms with E-state index in [1.165, 1.54) is 83.5 Å². The molecule has 0 fully saturated rings. The number of hydrogen-bond acceptors (Lipinski definition) is 6. The first-order chi connectivity index (χ1) is 32.5. The van der Waals surface area contributed by atoms with Crippen LogP contribution in [0.1, 0.15) is 245 Å². The third-order valence-corrected chi connectivity index (χ3v) is 11.3. The van der Waals surface area contributed by atoms with Crippen molar-refractivity contribution in [1.29, 1.82) is 0 Å². The van der Waals surface area contributed by atoms with Crippen molar-refractivity contribution in [3.05, 3.63) is 97.2 Å². The van der Waals surface area contributed by atoms with Crippen molar-refractivity contribution in [2.75, 3.05) is 13.2 Å². The van der Waals surface area contributed by atoms with Crippen LogP contribution in [0.4, 0.5) is 0 Å². The number of allylic oxidation sites excluding steroid dienone is 16. The standard InChI is InChI=1S/C60H100O6/c1-4-7-10-13-16-19-22-25-28-29-30-31-33-35-38-41-44-47-50-53-59(62)65-56-57(55-64-58(61)52-49-46-43-40-37-34-27-24-21-18-15-12-9-6-3)66-60(63)54-51-48-45-42-39-36-32-26-23-20-17-14-11-8-5-2/h7,10,15-16,18-20,23-25,27-28,30-31,35,38,57H,4-6,8-9,11-14,17,21-22,26,29,32-34,36-37,39-56H2,1-3H3/b10-7+,18-15+,19-16+,23-20+,27-24+,28-25+,31-30+,38-35+/t57-/m1/s1. The molecule has 0 amide bonds. The summed E-state index contributed by atoms with van der Waals surface area (Å²) in [7, 11) is 0. The van der Waals surface area contributed by atoms with E-state index in [0.29, 0.717) is 19.3 Å². The van der Waals surface area contributed by atoms with Crippen molar-refractivity contribution in [3.63, 3.8) is 0 Å². The second kappa shape index (κ2) is 53.9. The number of rotatable bonds is 48. The molecule has 6 nitrogen and oxygen atoms in total. The van der Waals surface area contributed by atoms with Crippen LogP contribution in [-0.4, -0.2) is 37.2 Å². The van der Waals surface area contributed by atoms with Crippen molar-refractivity contribution >= 4 is 17.9 Å². The van der Waals surface area contributed by atoms with Crippen LogP contribution in [0.15, 0.2) is 97.2 Å². The quantitative estimate of drug-likeness (QED) is 0.0262. The van der Waals surface area contributed by atoms with Gasteiger partial charge in [0.2, 0.25) is 0 Å². The van der Waals surface area contributed by atoms with Crippen molar-refractivity contribution in [2.24, 2.45) is 0 Å². The summed E-state index contributed by atoms with van der Waals surface area (Å²) in [6.07, 6.45) is 71.0. The van der Waals surface area contributed by atoms with Gasteiger partial charge in [-0.2, -0.15) is 0 Å². The highest BCUT2D eigenvalue weighted by atomic mass is 16.6. The number of ether oxygens (including phenoxy) is 3. The topological polar surface area (TPSA) is 78.9 Å².